The van der Waals surface area contributed by atoms with Crippen LogP contribution in [0.4, 0.5) is 4.79 Å². The Hall–Kier alpha value is -2.82. The lowest BCUT2D eigenvalue weighted by Gasteiger charge is -2.48. The number of piperidine rings is 1. The van der Waals surface area contributed by atoms with Gasteiger partial charge in [-0.2, -0.15) is 0 Å². The quantitative estimate of drug-likeness (QED) is 0.244. The van der Waals surface area contributed by atoms with Gasteiger partial charge in [-0.1, -0.05) is 36.8 Å². The summed E-state index contributed by atoms with van der Waals surface area (Å²) in [5.74, 6) is -1.31. The van der Waals surface area contributed by atoms with Gasteiger partial charge in [0.15, 0.2) is 0 Å². The molecule has 50 heavy (non-hydrogen) atoms. The number of ether oxygens (including phenoxy) is 7. The van der Waals surface area contributed by atoms with E-state index < -0.39 is 24.5 Å². The van der Waals surface area contributed by atoms with E-state index in [0.717, 1.165) is 31.6 Å². The molecule has 0 aliphatic carbocycles. The highest BCUT2D eigenvalue weighted by molar-refractivity contribution is 5.67. The van der Waals surface area contributed by atoms with E-state index in [0.29, 0.717) is 58.6 Å². The van der Waals surface area contributed by atoms with Crippen LogP contribution in [0.1, 0.15) is 44.6 Å². The Kier molecular flexibility index (Phi) is 13.8. The van der Waals surface area contributed by atoms with E-state index in [9.17, 15) is 14.7 Å². The van der Waals surface area contributed by atoms with Gasteiger partial charge in [-0.15, -0.1) is 0 Å². The topological polar surface area (TPSA) is 150 Å². The molecule has 5 heterocycles. The fraction of sp³-hybridized carbons (Fsp3) is 0.722. The van der Waals surface area contributed by atoms with Gasteiger partial charge >= 0.3 is 12.1 Å². The molecular weight excluding hydrogens is 648 g/mol. The predicted octanol–water partition coefficient (Wildman–Crippen LogP) is 2.32. The first-order valence-electron chi connectivity index (χ1n) is 18.2. The summed E-state index contributed by atoms with van der Waals surface area (Å²) in [4.78, 5) is 29.0. The van der Waals surface area contributed by atoms with Crippen LogP contribution in [0.15, 0.2) is 42.1 Å². The van der Waals surface area contributed by atoms with Gasteiger partial charge in [0.25, 0.3) is 0 Å². The van der Waals surface area contributed by atoms with E-state index in [4.69, 9.17) is 33.2 Å². The van der Waals surface area contributed by atoms with E-state index in [2.05, 4.69) is 32.6 Å². The maximum Gasteiger partial charge on any atom is 0.508 e. The summed E-state index contributed by atoms with van der Waals surface area (Å²) < 4.78 is 41.2. The van der Waals surface area contributed by atoms with E-state index in [1.165, 1.54) is 18.4 Å². The fourth-order valence-electron chi connectivity index (χ4n) is 7.65. The third kappa shape index (κ3) is 10.4. The number of carboxylic acid groups (broad SMARTS) is 1. The molecule has 3 N–H and O–H groups in total. The summed E-state index contributed by atoms with van der Waals surface area (Å²) in [7, 11) is 0. The highest BCUT2D eigenvalue weighted by Crippen LogP contribution is 2.35. The molecule has 5 aliphatic heterocycles. The summed E-state index contributed by atoms with van der Waals surface area (Å²) in [5, 5.41) is 17.0. The van der Waals surface area contributed by atoms with E-state index >= 15 is 0 Å². The molecule has 14 heteroatoms. The van der Waals surface area contributed by atoms with E-state index in [1.54, 1.807) is 0 Å². The molecule has 4 saturated heterocycles. The molecule has 5 aliphatic rings. The van der Waals surface area contributed by atoms with Crippen molar-refractivity contribution in [3.8, 4) is 0 Å². The highest BCUT2D eigenvalue weighted by Gasteiger charge is 2.46. The first kappa shape index (κ1) is 37.0. The molecule has 0 spiro atoms. The summed E-state index contributed by atoms with van der Waals surface area (Å²) in [6.07, 6.45) is 3.25. The van der Waals surface area contributed by atoms with Crippen LogP contribution in [0.5, 0.6) is 0 Å². The second-order valence-electron chi connectivity index (χ2n) is 13.9. The van der Waals surface area contributed by atoms with Crippen molar-refractivity contribution in [2.75, 3.05) is 72.5 Å². The van der Waals surface area contributed by atoms with Gasteiger partial charge in [0.2, 0.25) is 0 Å². The minimum absolute atomic E-state index is 0.102. The molecule has 278 valence electrons. The molecule has 0 amide bonds. The molecular formula is C36H54N4O10. The lowest BCUT2D eigenvalue weighted by molar-refractivity contribution is -0.159. The molecule has 4 fully saturated rings. The van der Waals surface area contributed by atoms with Crippen molar-refractivity contribution >= 4 is 12.1 Å². The minimum atomic E-state index is -0.934. The largest absolute Gasteiger partial charge is 0.508 e. The average molecular weight is 703 g/mol. The van der Waals surface area contributed by atoms with Crippen molar-refractivity contribution < 1.29 is 47.9 Å². The number of hydrogen-bond acceptors (Lipinski definition) is 13. The zero-order chi connectivity index (χ0) is 34.7. The lowest BCUT2D eigenvalue weighted by Crippen LogP contribution is -2.65. The van der Waals surface area contributed by atoms with E-state index in [1.807, 2.05) is 31.3 Å². The third-order valence-corrected chi connectivity index (χ3v) is 10.2. The Balaban J connectivity index is 1.05. The molecule has 1 aromatic carbocycles. The SMILES string of the molecule is CC1=CN([C@H]2C[C@@H](CC(=O)O)[C@H](COC(=O)OCCN(Cc3ccccc3)CC3CCCCN3)O2)C(C2COCCO2)NC1C1COCCO1. The van der Waals surface area contributed by atoms with Gasteiger partial charge in [0.05, 0.1) is 58.2 Å². The van der Waals surface area contributed by atoms with E-state index in [-0.39, 0.29) is 50.0 Å². The van der Waals surface area contributed by atoms with Crippen LogP contribution in [0.3, 0.4) is 0 Å². The molecule has 1 aromatic rings. The number of nitrogens with zero attached hydrogens (tertiary/aromatic N) is 2. The van der Waals surface area contributed by atoms with Gasteiger partial charge in [-0.3, -0.25) is 15.0 Å². The van der Waals surface area contributed by atoms with Gasteiger partial charge in [0.1, 0.15) is 37.8 Å². The summed E-state index contributed by atoms with van der Waals surface area (Å²) >= 11 is 0. The minimum Gasteiger partial charge on any atom is -0.481 e. The van der Waals surface area contributed by atoms with Gasteiger partial charge in [-0.05, 0) is 43.9 Å². The first-order valence-corrected chi connectivity index (χ1v) is 18.2. The number of carbonyl (C=O) groups excluding carboxylic acids is 1. The summed E-state index contributed by atoms with van der Waals surface area (Å²) in [6, 6.07) is 10.6. The molecule has 0 bridgehead atoms. The Morgan fingerprint density at radius 1 is 1.02 bits per heavy atom. The van der Waals surface area contributed by atoms with Gasteiger partial charge in [-0.25, -0.2) is 4.79 Å². The van der Waals surface area contributed by atoms with Crippen LogP contribution in [-0.2, 0) is 44.5 Å². The zero-order valence-electron chi connectivity index (χ0n) is 29.1. The summed E-state index contributed by atoms with van der Waals surface area (Å²) in [5.41, 5.74) is 2.24. The smallest absolute Gasteiger partial charge is 0.481 e. The Labute approximate surface area is 294 Å². The molecule has 8 atom stereocenters. The number of aliphatic carboxylic acids is 1. The van der Waals surface area contributed by atoms with Crippen molar-refractivity contribution in [1.29, 1.82) is 0 Å². The monoisotopic (exact) mass is 702 g/mol. The van der Waals surface area contributed by atoms with Crippen LogP contribution in [0, 0.1) is 5.92 Å². The number of carboxylic acids is 1. The molecule has 0 radical (unpaired) electrons. The lowest BCUT2D eigenvalue weighted by atomic mass is 9.95. The number of nitrogens with one attached hydrogen (secondary N) is 2. The standard InChI is InChI=1S/C36H54N4O10/c1-25-19-40(35(31-23-45-14-16-47-31)38-34(25)30-22-44-13-15-46-30)32-17-27(18-33(41)42)29(50-32)24-49-36(43)48-12-11-39(20-26-7-3-2-4-8-26)21-28-9-5-6-10-37-28/h2-4,7-8,19,27-32,34-35,37-38H,5-6,9-18,20-24H2,1H3,(H,41,42)/t27-,28?,29-,30?,31?,32+,34?,35?/m0/s1. The Bertz CT molecular complexity index is 1240. The number of rotatable bonds is 14. The normalized spacial score (nSPS) is 32.0. The second kappa shape index (κ2) is 18.6. The first-order chi connectivity index (χ1) is 24.4. The van der Waals surface area contributed by atoms with Crippen molar-refractivity contribution in [2.24, 2.45) is 5.92 Å². The van der Waals surface area contributed by atoms with Crippen LogP contribution in [0.25, 0.3) is 0 Å². The molecule has 6 rings (SSSR count). The number of carbonyl (C=O) groups is 2. The molecule has 14 nitrogen and oxygen atoms in total. The molecule has 0 aromatic heterocycles. The van der Waals surface area contributed by atoms with Crippen LogP contribution >= 0.6 is 0 Å². The van der Waals surface area contributed by atoms with Gasteiger partial charge < -0.3 is 48.5 Å². The number of hydrogen-bond donors (Lipinski definition) is 3. The number of benzene rings is 1. The van der Waals surface area contributed by atoms with Crippen molar-refractivity contribution in [3.05, 3.63) is 47.7 Å². The summed E-state index contributed by atoms with van der Waals surface area (Å²) in [6.45, 7) is 8.30. The van der Waals surface area contributed by atoms with Crippen LogP contribution < -0.4 is 10.6 Å². The fourth-order valence-corrected chi connectivity index (χ4v) is 7.65. The van der Waals surface area contributed by atoms with Crippen molar-refractivity contribution in [3.63, 3.8) is 0 Å². The van der Waals surface area contributed by atoms with Crippen molar-refractivity contribution in [1.82, 2.24) is 20.4 Å². The van der Waals surface area contributed by atoms with Crippen molar-refractivity contribution in [2.45, 2.75) is 88.4 Å². The highest BCUT2D eigenvalue weighted by atomic mass is 16.7. The molecule has 5 unspecified atom stereocenters. The second-order valence-corrected chi connectivity index (χ2v) is 13.9. The maximum absolute atomic E-state index is 12.8. The van der Waals surface area contributed by atoms with Crippen LogP contribution in [-0.4, -0.2) is 142 Å². The average Bonchev–Trinajstić information content (AvgIpc) is 3.53. The zero-order valence-corrected chi connectivity index (χ0v) is 29.1. The maximum atomic E-state index is 12.8. The molecule has 0 saturated carbocycles. The van der Waals surface area contributed by atoms with Crippen LogP contribution in [0.2, 0.25) is 0 Å². The Morgan fingerprint density at radius 2 is 1.80 bits per heavy atom. The Morgan fingerprint density at radius 3 is 2.50 bits per heavy atom. The van der Waals surface area contributed by atoms with Gasteiger partial charge in [0, 0.05) is 37.8 Å². The third-order valence-electron chi connectivity index (χ3n) is 10.2. The predicted molar refractivity (Wildman–Crippen MR) is 181 cm³/mol.